The van der Waals surface area contributed by atoms with Crippen LogP contribution < -0.4 is 5.73 Å². The number of rotatable bonds is 3. The number of nitrogens with two attached hydrogens (primary N) is 1. The SMILES string of the molecule is NC1(Cc2ccccn2)CCC(c2ccccc2)CC1. The van der Waals surface area contributed by atoms with Crippen LogP contribution in [-0.2, 0) is 6.42 Å². The largest absolute Gasteiger partial charge is 0.325 e. The first-order chi connectivity index (χ1) is 9.75. The minimum Gasteiger partial charge on any atom is -0.325 e. The third-order valence-corrected chi connectivity index (χ3v) is 4.51. The van der Waals surface area contributed by atoms with E-state index in [2.05, 4.69) is 41.4 Å². The molecule has 0 saturated heterocycles. The van der Waals surface area contributed by atoms with Crippen molar-refractivity contribution in [3.05, 3.63) is 66.0 Å². The highest BCUT2D eigenvalue weighted by molar-refractivity contribution is 5.21. The van der Waals surface area contributed by atoms with E-state index < -0.39 is 0 Å². The fourth-order valence-corrected chi connectivity index (χ4v) is 3.29. The van der Waals surface area contributed by atoms with Crippen molar-refractivity contribution < 1.29 is 0 Å². The van der Waals surface area contributed by atoms with Gasteiger partial charge in [0.25, 0.3) is 0 Å². The van der Waals surface area contributed by atoms with Crippen LogP contribution in [0.15, 0.2) is 54.7 Å². The van der Waals surface area contributed by atoms with Crippen molar-refractivity contribution in [1.82, 2.24) is 4.98 Å². The molecule has 2 aromatic rings. The molecule has 2 heteroatoms. The Morgan fingerprint density at radius 1 is 1.00 bits per heavy atom. The molecule has 3 rings (SSSR count). The van der Waals surface area contributed by atoms with Crippen molar-refractivity contribution in [1.29, 1.82) is 0 Å². The second-order valence-electron chi connectivity index (χ2n) is 6.05. The number of aromatic nitrogens is 1. The van der Waals surface area contributed by atoms with E-state index in [1.165, 1.54) is 18.4 Å². The minimum atomic E-state index is -0.0698. The quantitative estimate of drug-likeness (QED) is 0.920. The Balaban J connectivity index is 1.63. The van der Waals surface area contributed by atoms with E-state index in [4.69, 9.17) is 5.73 Å². The molecule has 0 amide bonds. The van der Waals surface area contributed by atoms with Crippen molar-refractivity contribution in [3.8, 4) is 0 Å². The normalized spacial score (nSPS) is 26.4. The van der Waals surface area contributed by atoms with Gasteiger partial charge < -0.3 is 5.73 Å². The van der Waals surface area contributed by atoms with Crippen LogP contribution in [0.3, 0.4) is 0 Å². The smallest absolute Gasteiger partial charge is 0.0421 e. The lowest BCUT2D eigenvalue weighted by atomic mass is 9.73. The maximum absolute atomic E-state index is 6.59. The molecule has 1 aromatic carbocycles. The fourth-order valence-electron chi connectivity index (χ4n) is 3.29. The van der Waals surface area contributed by atoms with E-state index >= 15 is 0 Å². The van der Waals surface area contributed by atoms with Crippen LogP contribution in [0.1, 0.15) is 42.9 Å². The van der Waals surface area contributed by atoms with Crippen LogP contribution in [0, 0.1) is 0 Å². The molecule has 0 radical (unpaired) electrons. The molecule has 1 aliphatic rings. The number of hydrogen-bond acceptors (Lipinski definition) is 2. The summed E-state index contributed by atoms with van der Waals surface area (Å²) in [6, 6.07) is 16.9. The highest BCUT2D eigenvalue weighted by Gasteiger charge is 2.32. The molecule has 0 unspecified atom stereocenters. The molecule has 0 bridgehead atoms. The summed E-state index contributed by atoms with van der Waals surface area (Å²) in [6.45, 7) is 0. The average Bonchev–Trinajstić information content (AvgIpc) is 2.50. The summed E-state index contributed by atoms with van der Waals surface area (Å²) in [5.74, 6) is 0.677. The van der Waals surface area contributed by atoms with Crippen molar-refractivity contribution in [3.63, 3.8) is 0 Å². The molecule has 1 fully saturated rings. The average molecular weight is 266 g/mol. The van der Waals surface area contributed by atoms with Crippen molar-refractivity contribution >= 4 is 0 Å². The van der Waals surface area contributed by atoms with Gasteiger partial charge in [-0.2, -0.15) is 0 Å². The predicted molar refractivity (Wildman–Crippen MR) is 82.5 cm³/mol. The van der Waals surface area contributed by atoms with Gasteiger partial charge in [-0.15, -0.1) is 0 Å². The molecular weight excluding hydrogens is 244 g/mol. The molecule has 0 spiro atoms. The third kappa shape index (κ3) is 3.07. The summed E-state index contributed by atoms with van der Waals surface area (Å²) in [5, 5.41) is 0. The van der Waals surface area contributed by atoms with Gasteiger partial charge in [0.1, 0.15) is 0 Å². The molecule has 104 valence electrons. The summed E-state index contributed by atoms with van der Waals surface area (Å²) < 4.78 is 0. The Morgan fingerprint density at radius 3 is 2.35 bits per heavy atom. The van der Waals surface area contributed by atoms with Crippen LogP contribution in [0.4, 0.5) is 0 Å². The topological polar surface area (TPSA) is 38.9 Å². The number of hydrogen-bond donors (Lipinski definition) is 1. The van der Waals surface area contributed by atoms with E-state index in [0.717, 1.165) is 25.0 Å². The highest BCUT2D eigenvalue weighted by atomic mass is 14.8. The number of nitrogens with zero attached hydrogens (tertiary/aromatic N) is 1. The number of pyridine rings is 1. The van der Waals surface area contributed by atoms with E-state index in [0.29, 0.717) is 5.92 Å². The van der Waals surface area contributed by atoms with E-state index in [1.807, 2.05) is 18.3 Å². The van der Waals surface area contributed by atoms with Gasteiger partial charge in [0, 0.05) is 23.9 Å². The maximum atomic E-state index is 6.59. The summed E-state index contributed by atoms with van der Waals surface area (Å²) in [4.78, 5) is 4.42. The van der Waals surface area contributed by atoms with Crippen molar-refractivity contribution in [2.24, 2.45) is 5.73 Å². The van der Waals surface area contributed by atoms with Gasteiger partial charge in [0.05, 0.1) is 0 Å². The van der Waals surface area contributed by atoms with E-state index in [1.54, 1.807) is 0 Å². The molecule has 2 N–H and O–H groups in total. The van der Waals surface area contributed by atoms with E-state index in [-0.39, 0.29) is 5.54 Å². The molecule has 0 atom stereocenters. The van der Waals surface area contributed by atoms with Gasteiger partial charge in [0.15, 0.2) is 0 Å². The van der Waals surface area contributed by atoms with Gasteiger partial charge >= 0.3 is 0 Å². The Labute approximate surface area is 121 Å². The van der Waals surface area contributed by atoms with Gasteiger partial charge in [-0.1, -0.05) is 36.4 Å². The molecule has 2 nitrogen and oxygen atoms in total. The molecule has 1 heterocycles. The van der Waals surface area contributed by atoms with E-state index in [9.17, 15) is 0 Å². The van der Waals surface area contributed by atoms with Crippen molar-refractivity contribution in [2.75, 3.05) is 0 Å². The van der Waals surface area contributed by atoms with Crippen LogP contribution in [0.25, 0.3) is 0 Å². The summed E-state index contributed by atoms with van der Waals surface area (Å²) in [5.41, 5.74) is 9.11. The first kappa shape index (κ1) is 13.3. The van der Waals surface area contributed by atoms with Crippen LogP contribution in [0.2, 0.25) is 0 Å². The summed E-state index contributed by atoms with van der Waals surface area (Å²) >= 11 is 0. The molecule has 1 saturated carbocycles. The zero-order valence-corrected chi connectivity index (χ0v) is 11.8. The molecule has 1 aliphatic carbocycles. The molecule has 0 aliphatic heterocycles. The van der Waals surface area contributed by atoms with Crippen LogP contribution in [0.5, 0.6) is 0 Å². The Kier molecular flexibility index (Phi) is 3.83. The Hall–Kier alpha value is -1.67. The lowest BCUT2D eigenvalue weighted by Gasteiger charge is -2.37. The number of benzene rings is 1. The van der Waals surface area contributed by atoms with Gasteiger partial charge in [-0.05, 0) is 49.3 Å². The first-order valence-electron chi connectivity index (χ1n) is 7.49. The minimum absolute atomic E-state index is 0.0698. The van der Waals surface area contributed by atoms with Gasteiger partial charge in [-0.25, -0.2) is 0 Å². The molecule has 20 heavy (non-hydrogen) atoms. The lowest BCUT2D eigenvalue weighted by Crippen LogP contribution is -2.45. The Morgan fingerprint density at radius 2 is 1.70 bits per heavy atom. The van der Waals surface area contributed by atoms with Crippen molar-refractivity contribution in [2.45, 2.75) is 43.6 Å². The summed E-state index contributed by atoms with van der Waals surface area (Å²) in [7, 11) is 0. The zero-order valence-electron chi connectivity index (χ0n) is 11.8. The summed E-state index contributed by atoms with van der Waals surface area (Å²) in [6.07, 6.45) is 7.30. The van der Waals surface area contributed by atoms with Crippen LogP contribution >= 0.6 is 0 Å². The second-order valence-corrected chi connectivity index (χ2v) is 6.05. The van der Waals surface area contributed by atoms with Gasteiger partial charge in [0.2, 0.25) is 0 Å². The fraction of sp³-hybridized carbons (Fsp3) is 0.389. The third-order valence-electron chi connectivity index (χ3n) is 4.51. The van der Waals surface area contributed by atoms with Gasteiger partial charge in [-0.3, -0.25) is 4.98 Å². The maximum Gasteiger partial charge on any atom is 0.0421 e. The second kappa shape index (κ2) is 5.76. The zero-order chi connectivity index (χ0) is 13.8. The predicted octanol–water partition coefficient (Wildman–Crippen LogP) is 3.68. The van der Waals surface area contributed by atoms with Crippen LogP contribution in [-0.4, -0.2) is 10.5 Å². The highest BCUT2D eigenvalue weighted by Crippen LogP contribution is 2.37. The first-order valence-corrected chi connectivity index (χ1v) is 7.49. The lowest BCUT2D eigenvalue weighted by molar-refractivity contribution is 0.269. The molecular formula is C18H22N2. The standard InChI is InChI=1S/C18H22N2/c19-18(14-17-8-4-5-13-20-17)11-9-16(10-12-18)15-6-2-1-3-7-15/h1-8,13,16H,9-12,14,19H2. The monoisotopic (exact) mass is 266 g/mol. The molecule has 1 aromatic heterocycles. The Bertz CT molecular complexity index is 528.